The van der Waals surface area contributed by atoms with Gasteiger partial charge in [0.15, 0.2) is 0 Å². The number of rotatable bonds is 5. The van der Waals surface area contributed by atoms with Crippen LogP contribution in [-0.4, -0.2) is 16.6 Å². The van der Waals surface area contributed by atoms with Crippen molar-refractivity contribution in [3.63, 3.8) is 0 Å². The lowest BCUT2D eigenvalue weighted by Crippen LogP contribution is -2.04. The number of carboxylic acids is 1. The molecule has 0 aliphatic heterocycles. The monoisotopic (exact) mass is 341 g/mol. The van der Waals surface area contributed by atoms with Crippen molar-refractivity contribution in [3.05, 3.63) is 59.7 Å². The first-order valence-electron chi connectivity index (χ1n) is 6.62. The average Bonchev–Trinajstić information content (AvgIpc) is 2.48. The van der Waals surface area contributed by atoms with Crippen molar-refractivity contribution in [2.75, 3.05) is 5.32 Å². The minimum Gasteiger partial charge on any atom is -0.481 e. The van der Waals surface area contributed by atoms with E-state index in [2.05, 4.69) is 5.32 Å². The predicted octanol–water partition coefficient (Wildman–Crippen LogP) is 4.03. The van der Waals surface area contributed by atoms with E-state index in [1.807, 2.05) is 0 Å². The molecular weight excluding hydrogens is 327 g/mol. The number of hydrogen-bond donors (Lipinski definition) is 3. The van der Waals surface area contributed by atoms with Gasteiger partial charge in [-0.2, -0.15) is 24.5 Å². The zero-order valence-electron chi connectivity index (χ0n) is 11.8. The van der Waals surface area contributed by atoms with E-state index in [-0.39, 0.29) is 6.42 Å². The molecule has 0 atom stereocenters. The molecule has 3 nitrogen and oxygen atoms in total. The molecule has 0 spiro atoms. The van der Waals surface area contributed by atoms with E-state index in [0.717, 1.165) is 12.1 Å². The Morgan fingerprint density at radius 1 is 1.13 bits per heavy atom. The highest BCUT2D eigenvalue weighted by molar-refractivity contribution is 7.97. The number of benzene rings is 2. The highest BCUT2D eigenvalue weighted by Gasteiger charge is 2.29. The summed E-state index contributed by atoms with van der Waals surface area (Å²) in [5, 5.41) is 11.8. The molecule has 7 heteroatoms. The van der Waals surface area contributed by atoms with Crippen LogP contribution in [0.1, 0.15) is 11.1 Å². The third-order valence-electron chi connectivity index (χ3n) is 2.99. The van der Waals surface area contributed by atoms with Crippen molar-refractivity contribution in [1.29, 1.82) is 0 Å². The first kappa shape index (κ1) is 17.1. The molecule has 2 N–H and O–H groups in total. The molecule has 23 heavy (non-hydrogen) atoms. The van der Waals surface area contributed by atoms with Crippen molar-refractivity contribution >= 4 is 28.5 Å². The first-order valence-corrected chi connectivity index (χ1v) is 7.58. The molecule has 0 aliphatic rings. The number of alkyl halides is 3. The summed E-state index contributed by atoms with van der Waals surface area (Å²) in [4.78, 5) is 11.5. The Kier molecular flexibility index (Phi) is 5.44. The zero-order valence-corrected chi connectivity index (χ0v) is 12.7. The number of carbonyl (C=O) groups is 1. The fourth-order valence-corrected chi connectivity index (χ4v) is 2.56. The van der Waals surface area contributed by atoms with Gasteiger partial charge in [-0.05, 0) is 35.9 Å². The van der Waals surface area contributed by atoms with Crippen LogP contribution in [0, 0.1) is 0 Å². The molecular formula is C16H14F3NO2S. The fraction of sp³-hybridized carbons (Fsp3) is 0.125. The number of anilines is 1. The molecule has 0 radical (unpaired) electrons. The summed E-state index contributed by atoms with van der Waals surface area (Å²) < 4.78 is 37.4. The van der Waals surface area contributed by atoms with Gasteiger partial charge in [-0.15, -0.1) is 0 Å². The normalized spacial score (nSPS) is 12.0. The molecule has 2 aromatic carbocycles. The Morgan fingerprint density at radius 2 is 1.78 bits per heavy atom. The minimum absolute atomic E-state index is 0.103. The fourth-order valence-electron chi connectivity index (χ4n) is 1.89. The summed E-state index contributed by atoms with van der Waals surface area (Å²) in [6.07, 6.45) is -4.44. The van der Waals surface area contributed by atoms with Crippen molar-refractivity contribution in [1.82, 2.24) is 0 Å². The molecule has 0 aromatic heterocycles. The number of carboxylic acid groups (broad SMARTS) is 1. The molecule has 0 unspecified atom stereocenters. The number of aliphatic carboxylic acids is 1. The molecule has 0 saturated heterocycles. The van der Waals surface area contributed by atoms with Crippen molar-refractivity contribution in [2.45, 2.75) is 17.5 Å². The Bertz CT molecular complexity index is 712. The molecule has 0 saturated carbocycles. The van der Waals surface area contributed by atoms with Crippen LogP contribution in [0.3, 0.4) is 0 Å². The lowest BCUT2D eigenvalue weighted by atomic mass is 10.1. The molecule has 0 bridgehead atoms. The minimum atomic E-state index is -4.34. The Balaban J connectivity index is 2.06. The van der Waals surface area contributed by atoms with Gasteiger partial charge in [0.1, 0.15) is 0 Å². The molecule has 2 aromatic rings. The van der Waals surface area contributed by atoms with Crippen LogP contribution in [0.5, 0.6) is 0 Å². The van der Waals surface area contributed by atoms with Crippen LogP contribution in [0.2, 0.25) is 0 Å². The maximum atomic E-state index is 12.5. The topological polar surface area (TPSA) is 49.3 Å². The third kappa shape index (κ3) is 5.14. The van der Waals surface area contributed by atoms with Gasteiger partial charge in [0.25, 0.3) is 0 Å². The van der Waals surface area contributed by atoms with E-state index in [0.29, 0.717) is 27.5 Å². The van der Waals surface area contributed by atoms with E-state index >= 15 is 0 Å². The van der Waals surface area contributed by atoms with Gasteiger partial charge in [0.05, 0.1) is 12.0 Å². The second-order valence-electron chi connectivity index (χ2n) is 4.67. The summed E-state index contributed by atoms with van der Waals surface area (Å²) in [6, 6.07) is 11.9. The van der Waals surface area contributed by atoms with E-state index in [1.165, 1.54) is 12.1 Å². The first-order chi connectivity index (χ1) is 10.9. The molecule has 0 fully saturated rings. The summed E-state index contributed by atoms with van der Waals surface area (Å²) in [6.45, 7) is 0. The summed E-state index contributed by atoms with van der Waals surface area (Å²) in [7, 11) is 0. The van der Waals surface area contributed by atoms with Gasteiger partial charge >= 0.3 is 12.1 Å². The van der Waals surface area contributed by atoms with Crippen LogP contribution < -0.4 is 5.32 Å². The van der Waals surface area contributed by atoms with Gasteiger partial charge in [0, 0.05) is 16.1 Å². The van der Waals surface area contributed by atoms with Crippen LogP contribution in [-0.2, 0) is 17.4 Å². The lowest BCUT2D eigenvalue weighted by molar-refractivity contribution is -0.138. The SMILES string of the molecule is O=C(O)Cc1ccccc1NC=[SH]c1ccc(C(F)(F)F)cc1. The number of nitrogens with one attached hydrogen (secondary N) is 1. The van der Waals surface area contributed by atoms with Crippen molar-refractivity contribution < 1.29 is 23.1 Å². The van der Waals surface area contributed by atoms with Gasteiger partial charge in [-0.25, -0.2) is 0 Å². The van der Waals surface area contributed by atoms with E-state index in [4.69, 9.17) is 5.11 Å². The van der Waals surface area contributed by atoms with Gasteiger partial charge in [0.2, 0.25) is 0 Å². The Labute approximate surface area is 134 Å². The Morgan fingerprint density at radius 3 is 2.39 bits per heavy atom. The second-order valence-corrected chi connectivity index (χ2v) is 5.71. The highest BCUT2D eigenvalue weighted by atomic mass is 32.1. The van der Waals surface area contributed by atoms with Gasteiger partial charge in [-0.3, -0.25) is 4.79 Å². The summed E-state index contributed by atoms with van der Waals surface area (Å²) in [5.41, 5.74) is 2.27. The van der Waals surface area contributed by atoms with Gasteiger partial charge < -0.3 is 10.4 Å². The highest BCUT2D eigenvalue weighted by Crippen LogP contribution is 2.29. The van der Waals surface area contributed by atoms with Crippen LogP contribution in [0.15, 0.2) is 53.4 Å². The van der Waals surface area contributed by atoms with Crippen molar-refractivity contribution in [3.8, 4) is 0 Å². The zero-order chi connectivity index (χ0) is 16.9. The number of hydrogen-bond acceptors (Lipinski definition) is 1. The lowest BCUT2D eigenvalue weighted by Gasteiger charge is -2.07. The van der Waals surface area contributed by atoms with E-state index in [9.17, 15) is 18.0 Å². The van der Waals surface area contributed by atoms with Gasteiger partial charge in [-0.1, -0.05) is 18.2 Å². The second kappa shape index (κ2) is 7.32. The maximum Gasteiger partial charge on any atom is 0.416 e. The van der Waals surface area contributed by atoms with Crippen LogP contribution >= 0.6 is 11.4 Å². The maximum absolute atomic E-state index is 12.5. The molecule has 0 aliphatic carbocycles. The van der Waals surface area contributed by atoms with Crippen LogP contribution in [0.25, 0.3) is 0 Å². The standard InChI is InChI=1S/C16H14F3NO2S/c17-16(18,19)12-5-7-13(8-6-12)23-10-20-14-4-2-1-3-11(14)9-15(21)22/h1-8,10,20,23H,9H2,(H,21,22). The number of thiol groups is 1. The number of para-hydroxylation sites is 1. The third-order valence-corrected chi connectivity index (χ3v) is 3.84. The number of halogens is 3. The van der Waals surface area contributed by atoms with Crippen LogP contribution in [0.4, 0.5) is 18.9 Å². The van der Waals surface area contributed by atoms with Crippen molar-refractivity contribution in [2.24, 2.45) is 0 Å². The summed E-state index contributed by atoms with van der Waals surface area (Å²) in [5.74, 6) is -0.931. The molecule has 122 valence electrons. The molecule has 2 rings (SSSR count). The molecule has 0 heterocycles. The van der Waals surface area contributed by atoms with E-state index in [1.54, 1.807) is 29.8 Å². The molecule has 0 amide bonds. The average molecular weight is 341 g/mol. The summed E-state index contributed by atoms with van der Waals surface area (Å²) >= 11 is 0.681. The largest absolute Gasteiger partial charge is 0.481 e. The Hall–Kier alpha value is -2.28. The van der Waals surface area contributed by atoms with E-state index < -0.39 is 17.7 Å². The quantitative estimate of drug-likeness (QED) is 0.568. The smallest absolute Gasteiger partial charge is 0.416 e. The predicted molar refractivity (Wildman–Crippen MR) is 86.2 cm³/mol.